The van der Waals surface area contributed by atoms with E-state index in [0.717, 1.165) is 25.8 Å². The van der Waals surface area contributed by atoms with E-state index in [0.29, 0.717) is 31.4 Å². The molecule has 2 aliphatic carbocycles. The summed E-state index contributed by atoms with van der Waals surface area (Å²) in [6.07, 6.45) is -4.77. The van der Waals surface area contributed by atoms with E-state index >= 15 is 0 Å². The molecular weight excluding hydrogens is 758 g/mol. The van der Waals surface area contributed by atoms with E-state index < -0.39 is 77.0 Å². The predicted molar refractivity (Wildman–Crippen MR) is 200 cm³/mol. The number of likely N-dealkylation sites (tertiary alicyclic amines) is 1. The van der Waals surface area contributed by atoms with Gasteiger partial charge >= 0.3 is 36.0 Å². The molecule has 6 rings (SSSR count). The van der Waals surface area contributed by atoms with Crippen molar-refractivity contribution in [3.63, 3.8) is 0 Å². The minimum Gasteiger partial charge on any atom is -0.477 e. The molecule has 2 aromatic carbocycles. The molecule has 312 valence electrons. The highest BCUT2D eigenvalue weighted by atomic mass is 16.7. The molecule has 7 atom stereocenters. The van der Waals surface area contributed by atoms with E-state index in [4.69, 9.17) is 37.9 Å². The number of aliphatic hydroxyl groups is 1. The van der Waals surface area contributed by atoms with Gasteiger partial charge in [-0.15, -0.1) is 0 Å². The Morgan fingerprint density at radius 2 is 1.59 bits per heavy atom. The van der Waals surface area contributed by atoms with Crippen molar-refractivity contribution in [2.24, 2.45) is 0 Å². The maximum atomic E-state index is 14.3. The number of ether oxygens (including phenoxy) is 8. The van der Waals surface area contributed by atoms with E-state index in [2.05, 4.69) is 4.90 Å². The maximum absolute atomic E-state index is 14.3. The molecule has 16 heteroatoms. The Hall–Kier alpha value is -5.48. The van der Waals surface area contributed by atoms with Gasteiger partial charge in [0.1, 0.15) is 11.4 Å². The minimum absolute atomic E-state index is 0.00689. The molecule has 0 radical (unpaired) electrons. The maximum Gasteiger partial charge on any atom is 0.514 e. The second kappa shape index (κ2) is 16.4. The highest BCUT2D eigenvalue weighted by Crippen LogP contribution is 2.65. The van der Waals surface area contributed by atoms with Crippen molar-refractivity contribution in [2.45, 2.75) is 121 Å². The number of benzene rings is 2. The first-order valence-electron chi connectivity index (χ1n) is 19.2. The second-order valence-electron chi connectivity index (χ2n) is 15.9. The number of carbonyl (C=O) groups is 6. The lowest BCUT2D eigenvalue weighted by Gasteiger charge is -2.61. The van der Waals surface area contributed by atoms with Gasteiger partial charge in [0.2, 0.25) is 18.3 Å². The smallest absolute Gasteiger partial charge is 0.477 e. The van der Waals surface area contributed by atoms with Gasteiger partial charge < -0.3 is 47.9 Å². The van der Waals surface area contributed by atoms with E-state index in [-0.39, 0.29) is 41.9 Å². The Bertz CT molecular complexity index is 1990. The van der Waals surface area contributed by atoms with Crippen LogP contribution in [-0.4, -0.2) is 102 Å². The van der Waals surface area contributed by atoms with Crippen LogP contribution in [0.1, 0.15) is 90.0 Å². The topological polar surface area (TPSA) is 200 Å². The molecule has 1 N–H and O–H groups in total. The average Bonchev–Trinajstić information content (AvgIpc) is 3.51. The summed E-state index contributed by atoms with van der Waals surface area (Å²) in [5, 5.41) is 12.7. The largest absolute Gasteiger partial charge is 0.514 e. The van der Waals surface area contributed by atoms with Crippen LogP contribution in [0, 0.1) is 0 Å². The number of hydrogen-bond acceptors (Lipinski definition) is 16. The summed E-state index contributed by atoms with van der Waals surface area (Å²) in [6, 6.07) is 10.9. The van der Waals surface area contributed by atoms with Crippen molar-refractivity contribution in [3.05, 3.63) is 71.0 Å². The summed E-state index contributed by atoms with van der Waals surface area (Å²) < 4.78 is 45.0. The van der Waals surface area contributed by atoms with Crippen LogP contribution in [0.25, 0.3) is 0 Å². The van der Waals surface area contributed by atoms with Crippen molar-refractivity contribution in [1.82, 2.24) is 4.90 Å². The number of carbonyl (C=O) groups excluding carboxylic acids is 6. The van der Waals surface area contributed by atoms with Gasteiger partial charge in [0.25, 0.3) is 0 Å². The Labute approximate surface area is 335 Å². The minimum atomic E-state index is -2.24. The zero-order chi connectivity index (χ0) is 42.2. The van der Waals surface area contributed by atoms with E-state index in [1.54, 1.807) is 51.1 Å². The van der Waals surface area contributed by atoms with Gasteiger partial charge in [-0.1, -0.05) is 49.7 Å². The summed E-state index contributed by atoms with van der Waals surface area (Å²) in [4.78, 5) is 81.2. The third kappa shape index (κ3) is 7.99. The lowest BCUT2D eigenvalue weighted by molar-refractivity contribution is -0.196. The summed E-state index contributed by atoms with van der Waals surface area (Å²) in [7, 11) is 1.91. The number of esters is 5. The molecule has 2 heterocycles. The fourth-order valence-electron chi connectivity index (χ4n) is 8.32. The van der Waals surface area contributed by atoms with Gasteiger partial charge in [-0.05, 0) is 71.3 Å². The lowest BCUT2D eigenvalue weighted by Crippen LogP contribution is -2.74. The molecular formula is C42H49NO15. The van der Waals surface area contributed by atoms with Crippen LogP contribution in [0.3, 0.4) is 0 Å². The first kappa shape index (κ1) is 42.1. The summed E-state index contributed by atoms with van der Waals surface area (Å²) in [6.45, 7) is 9.45. The molecule has 0 amide bonds. The number of rotatable bonds is 13. The van der Waals surface area contributed by atoms with Crippen molar-refractivity contribution >= 4 is 36.0 Å². The van der Waals surface area contributed by atoms with Crippen molar-refractivity contribution in [1.29, 1.82) is 0 Å². The molecule has 16 nitrogen and oxygen atoms in total. The molecule has 1 saturated heterocycles. The fourth-order valence-corrected chi connectivity index (χ4v) is 8.32. The quantitative estimate of drug-likeness (QED) is 0.130. The number of nitrogens with zero attached hydrogens (tertiary/aromatic N) is 1. The molecule has 0 aromatic heterocycles. The molecule has 1 fully saturated rings. The van der Waals surface area contributed by atoms with Crippen LogP contribution in [0.2, 0.25) is 0 Å². The highest BCUT2D eigenvalue weighted by molar-refractivity contribution is 5.91. The van der Waals surface area contributed by atoms with Crippen LogP contribution in [0.4, 0.5) is 4.79 Å². The van der Waals surface area contributed by atoms with Crippen LogP contribution in [-0.2, 0) is 64.2 Å². The summed E-state index contributed by atoms with van der Waals surface area (Å²) >= 11 is 0. The summed E-state index contributed by atoms with van der Waals surface area (Å²) in [5.74, 6) is -5.68. The predicted octanol–water partition coefficient (Wildman–Crippen LogP) is 4.31. The first-order chi connectivity index (χ1) is 27.4. The molecule has 2 aliphatic heterocycles. The van der Waals surface area contributed by atoms with Crippen LogP contribution >= 0.6 is 0 Å². The second-order valence-corrected chi connectivity index (χ2v) is 15.9. The zero-order valence-electron chi connectivity index (χ0n) is 33.6. The fraction of sp³-hybridized carbons (Fsp3) is 0.524. The van der Waals surface area contributed by atoms with Gasteiger partial charge in [-0.25, -0.2) is 19.2 Å². The van der Waals surface area contributed by atoms with Crippen LogP contribution < -0.4 is 9.47 Å². The van der Waals surface area contributed by atoms with Crippen molar-refractivity contribution in [2.75, 3.05) is 20.2 Å². The number of unbranched alkanes of at least 4 members (excludes halogenated alkanes) is 1. The van der Waals surface area contributed by atoms with Crippen LogP contribution in [0.5, 0.6) is 11.5 Å². The number of hydrogen-bond donors (Lipinski definition) is 1. The van der Waals surface area contributed by atoms with Crippen LogP contribution in [0.15, 0.2) is 54.3 Å². The third-order valence-electron chi connectivity index (χ3n) is 10.8. The zero-order valence-corrected chi connectivity index (χ0v) is 33.6. The number of piperidine rings is 1. The first-order valence-corrected chi connectivity index (χ1v) is 19.2. The van der Waals surface area contributed by atoms with Crippen molar-refractivity contribution < 1.29 is 71.8 Å². The highest BCUT2D eigenvalue weighted by Gasteiger charge is 2.72. The lowest BCUT2D eigenvalue weighted by atomic mass is 9.50. The molecule has 4 aliphatic rings. The monoisotopic (exact) mass is 807 g/mol. The van der Waals surface area contributed by atoms with Crippen molar-refractivity contribution in [3.8, 4) is 11.5 Å². The molecule has 1 spiro atoms. The molecule has 2 bridgehead atoms. The van der Waals surface area contributed by atoms with E-state index in [9.17, 15) is 33.9 Å². The standard InChI is InChI=1S/C42H49NO15/c1-8-9-21-51-36(46)31(25-13-11-10-12-14-25)57-38(48)34(53-24(3)45)33(52-23(2)44)37(47)54-28-17-18-42(50)29-22-26-15-16-27(55-39(49)58-40(4,5)6)32-30(26)41(42,35(28)56-32)19-20-43(29)7/h10-17,29,31,33-35,50H,8-9,18-22H2,1-7H3/t29-,31+,33-,34-,35+,41+,42-/m1/s1. The SMILES string of the molecule is CCCCOC(=O)[C@@H](OC(=O)[C@H](OC(C)=O)[C@@H](OC(C)=O)C(=O)OC1=CC[C@@]2(O)[C@H]3Cc4ccc(OC(=O)OC(C)(C)C)c5c4[C@@]2(CCN3C)[C@H]1O5)c1ccccc1. The Balaban J connectivity index is 1.34. The normalized spacial score (nSPS) is 24.3. The molecule has 0 saturated carbocycles. The third-order valence-corrected chi connectivity index (χ3v) is 10.8. The Kier molecular flexibility index (Phi) is 11.9. The molecule has 2 aromatic rings. The van der Waals surface area contributed by atoms with Gasteiger partial charge in [0.05, 0.1) is 17.6 Å². The van der Waals surface area contributed by atoms with Gasteiger partial charge in [0, 0.05) is 37.4 Å². The number of likely N-dealkylation sites (N-methyl/N-ethyl adjacent to an activating group) is 1. The molecule has 0 unspecified atom stereocenters. The van der Waals surface area contributed by atoms with E-state index in [1.807, 2.05) is 14.0 Å². The van der Waals surface area contributed by atoms with Gasteiger partial charge in [-0.3, -0.25) is 9.59 Å². The van der Waals surface area contributed by atoms with E-state index in [1.165, 1.54) is 18.2 Å². The van der Waals surface area contributed by atoms with Gasteiger partial charge in [0.15, 0.2) is 17.6 Å². The summed E-state index contributed by atoms with van der Waals surface area (Å²) in [5.41, 5.74) is -1.86. The molecule has 58 heavy (non-hydrogen) atoms. The average molecular weight is 808 g/mol. The van der Waals surface area contributed by atoms with Gasteiger partial charge in [-0.2, -0.15) is 0 Å². The Morgan fingerprint density at radius 3 is 2.22 bits per heavy atom. The Morgan fingerprint density at radius 1 is 0.914 bits per heavy atom.